The Bertz CT molecular complexity index is 978. The average Bonchev–Trinajstić information content (AvgIpc) is 2.84. The molecule has 0 aliphatic rings. The Morgan fingerprint density at radius 2 is 1.92 bits per heavy atom. The molecule has 0 radical (unpaired) electrons. The van der Waals surface area contributed by atoms with Gasteiger partial charge in [0.1, 0.15) is 9.71 Å². The number of hydrogen-bond donors (Lipinski definition) is 2. The fraction of sp³-hybridized carbons (Fsp3) is 0.222. The van der Waals surface area contributed by atoms with Crippen LogP contribution in [-0.2, 0) is 0 Å². The number of nitrogens with one attached hydrogen (secondary N) is 1. The molecule has 0 aliphatic carbocycles. The van der Waals surface area contributed by atoms with Crippen LogP contribution < -0.4 is 11.1 Å². The molecule has 0 saturated heterocycles. The summed E-state index contributed by atoms with van der Waals surface area (Å²) in [5.74, 6) is -0.198. The summed E-state index contributed by atoms with van der Waals surface area (Å²) in [6.45, 7) is 7.98. The molecule has 3 aromatic rings. The smallest absolute Gasteiger partial charge is 0.267 e. The lowest BCUT2D eigenvalue weighted by Gasteiger charge is -2.08. The van der Waals surface area contributed by atoms with E-state index in [9.17, 15) is 4.79 Å². The molecule has 0 bridgehead atoms. The number of anilines is 2. The zero-order chi connectivity index (χ0) is 17.6. The van der Waals surface area contributed by atoms with Crippen molar-refractivity contribution in [3.05, 3.63) is 49.9 Å². The van der Waals surface area contributed by atoms with Gasteiger partial charge in [0, 0.05) is 21.2 Å². The molecule has 0 atom stereocenters. The van der Waals surface area contributed by atoms with Crippen LogP contribution in [0.15, 0.2) is 22.7 Å². The van der Waals surface area contributed by atoms with Crippen LogP contribution in [0.2, 0.25) is 0 Å². The number of amides is 1. The van der Waals surface area contributed by atoms with Gasteiger partial charge in [-0.1, -0.05) is 15.9 Å². The maximum atomic E-state index is 12.7. The lowest BCUT2D eigenvalue weighted by atomic mass is 10.1. The molecule has 124 valence electrons. The van der Waals surface area contributed by atoms with Crippen molar-refractivity contribution in [2.45, 2.75) is 27.7 Å². The maximum Gasteiger partial charge on any atom is 0.267 e. The number of benzene rings is 1. The fourth-order valence-corrected chi connectivity index (χ4v) is 4.25. The summed E-state index contributed by atoms with van der Waals surface area (Å²) in [6.07, 6.45) is 0. The normalized spacial score (nSPS) is 11.0. The van der Waals surface area contributed by atoms with E-state index >= 15 is 0 Å². The van der Waals surface area contributed by atoms with E-state index in [1.807, 2.05) is 45.9 Å². The molecule has 3 rings (SSSR count). The number of hydrogen-bond acceptors (Lipinski definition) is 4. The minimum absolute atomic E-state index is 0.198. The first-order valence-corrected chi connectivity index (χ1v) is 9.13. The molecule has 24 heavy (non-hydrogen) atoms. The second kappa shape index (κ2) is 6.18. The zero-order valence-corrected chi connectivity index (χ0v) is 16.4. The second-order valence-corrected chi connectivity index (χ2v) is 7.80. The summed E-state index contributed by atoms with van der Waals surface area (Å²) in [5.41, 5.74) is 11.7. The number of carbonyl (C=O) groups excluding carboxylic acids is 1. The summed E-state index contributed by atoms with van der Waals surface area (Å²) in [4.78, 5) is 18.6. The molecule has 0 fully saturated rings. The van der Waals surface area contributed by atoms with Crippen molar-refractivity contribution in [3.63, 3.8) is 0 Å². The lowest BCUT2D eigenvalue weighted by Crippen LogP contribution is -2.12. The van der Waals surface area contributed by atoms with Crippen molar-refractivity contribution in [1.82, 2.24) is 4.98 Å². The Hall–Kier alpha value is -1.92. The van der Waals surface area contributed by atoms with Crippen LogP contribution in [-0.4, -0.2) is 10.9 Å². The number of fused-ring (bicyclic) bond motifs is 1. The molecule has 0 unspecified atom stereocenters. The number of carbonyl (C=O) groups is 1. The molecule has 2 aromatic heterocycles. The van der Waals surface area contributed by atoms with Crippen molar-refractivity contribution in [2.75, 3.05) is 11.1 Å². The molecule has 1 amide bonds. The Morgan fingerprint density at radius 1 is 1.21 bits per heavy atom. The van der Waals surface area contributed by atoms with Crippen LogP contribution in [0.4, 0.5) is 11.4 Å². The van der Waals surface area contributed by atoms with E-state index in [0.717, 1.165) is 42.8 Å². The number of thiophene rings is 1. The Labute approximate surface area is 153 Å². The first-order valence-electron chi connectivity index (χ1n) is 7.53. The van der Waals surface area contributed by atoms with Gasteiger partial charge in [0.2, 0.25) is 0 Å². The Balaban J connectivity index is 2.04. The van der Waals surface area contributed by atoms with Gasteiger partial charge >= 0.3 is 0 Å². The summed E-state index contributed by atoms with van der Waals surface area (Å²) in [5, 5.41) is 3.84. The number of halogens is 1. The molecule has 0 spiro atoms. The van der Waals surface area contributed by atoms with Crippen molar-refractivity contribution in [2.24, 2.45) is 0 Å². The van der Waals surface area contributed by atoms with E-state index in [0.29, 0.717) is 10.6 Å². The quantitative estimate of drug-likeness (QED) is 0.623. The van der Waals surface area contributed by atoms with E-state index in [-0.39, 0.29) is 5.91 Å². The first kappa shape index (κ1) is 16.9. The molecule has 3 N–H and O–H groups in total. The molecule has 1 aromatic carbocycles. The predicted molar refractivity (Wildman–Crippen MR) is 105 cm³/mol. The second-order valence-electron chi connectivity index (χ2n) is 5.89. The molecular weight excluding hydrogens is 386 g/mol. The van der Waals surface area contributed by atoms with Gasteiger partial charge in [0.15, 0.2) is 0 Å². The summed E-state index contributed by atoms with van der Waals surface area (Å²) < 4.78 is 0.977. The highest BCUT2D eigenvalue weighted by Gasteiger charge is 2.20. The topological polar surface area (TPSA) is 68.0 Å². The third-order valence-electron chi connectivity index (χ3n) is 4.32. The predicted octanol–water partition coefficient (Wildman–Crippen LogP) is 5.13. The zero-order valence-electron chi connectivity index (χ0n) is 14.0. The molecule has 0 aliphatic heterocycles. The molecular formula is C18H18BrN3OS. The Kier molecular flexibility index (Phi) is 4.36. The summed E-state index contributed by atoms with van der Waals surface area (Å²) >= 11 is 4.76. The van der Waals surface area contributed by atoms with E-state index in [1.54, 1.807) is 0 Å². The highest BCUT2D eigenvalue weighted by Crippen LogP contribution is 2.37. The molecule has 6 heteroatoms. The standard InChI is InChI=1S/C18H18BrN3OS/c1-8-7-12(19)5-6-13(8)22-17(23)16-15(20)14-10(3)9(2)11(4)21-18(14)24-16/h5-7H,20H2,1-4H3,(H,22,23). The number of aromatic nitrogens is 1. The van der Waals surface area contributed by atoms with Gasteiger partial charge < -0.3 is 11.1 Å². The van der Waals surface area contributed by atoms with Gasteiger partial charge in [-0.05, 0) is 62.6 Å². The first-order chi connectivity index (χ1) is 11.3. The van der Waals surface area contributed by atoms with Crippen LogP contribution in [0, 0.1) is 27.7 Å². The van der Waals surface area contributed by atoms with Gasteiger partial charge in [-0.25, -0.2) is 4.98 Å². The lowest BCUT2D eigenvalue weighted by molar-refractivity contribution is 0.103. The number of nitrogen functional groups attached to an aromatic ring is 1. The molecule has 0 saturated carbocycles. The number of nitrogens with two attached hydrogens (primary N) is 1. The average molecular weight is 404 g/mol. The van der Waals surface area contributed by atoms with Crippen molar-refractivity contribution >= 4 is 54.8 Å². The highest BCUT2D eigenvalue weighted by atomic mass is 79.9. The van der Waals surface area contributed by atoms with Gasteiger partial charge in [-0.15, -0.1) is 11.3 Å². The van der Waals surface area contributed by atoms with E-state index < -0.39 is 0 Å². The van der Waals surface area contributed by atoms with E-state index in [4.69, 9.17) is 5.73 Å². The Morgan fingerprint density at radius 3 is 2.58 bits per heavy atom. The fourth-order valence-electron chi connectivity index (χ4n) is 2.68. The maximum absolute atomic E-state index is 12.7. The monoisotopic (exact) mass is 403 g/mol. The van der Waals surface area contributed by atoms with Gasteiger partial charge in [-0.2, -0.15) is 0 Å². The number of rotatable bonds is 2. The minimum Gasteiger partial charge on any atom is -0.397 e. The highest BCUT2D eigenvalue weighted by molar-refractivity contribution is 9.10. The third kappa shape index (κ3) is 2.80. The van der Waals surface area contributed by atoms with E-state index in [1.165, 1.54) is 11.3 Å². The SMILES string of the molecule is Cc1cc(Br)ccc1NC(=O)c1sc2nc(C)c(C)c(C)c2c1N. The van der Waals surface area contributed by atoms with Crippen LogP contribution in [0.3, 0.4) is 0 Å². The molecule has 2 heterocycles. The van der Waals surface area contributed by atoms with Crippen LogP contribution in [0.1, 0.15) is 32.1 Å². The third-order valence-corrected chi connectivity index (χ3v) is 5.91. The van der Waals surface area contributed by atoms with Gasteiger partial charge in [-0.3, -0.25) is 4.79 Å². The van der Waals surface area contributed by atoms with Crippen LogP contribution in [0.25, 0.3) is 10.2 Å². The van der Waals surface area contributed by atoms with Crippen LogP contribution >= 0.6 is 27.3 Å². The van der Waals surface area contributed by atoms with Crippen molar-refractivity contribution in [1.29, 1.82) is 0 Å². The molecule has 4 nitrogen and oxygen atoms in total. The van der Waals surface area contributed by atoms with Crippen molar-refractivity contribution < 1.29 is 4.79 Å². The van der Waals surface area contributed by atoms with E-state index in [2.05, 4.69) is 26.2 Å². The van der Waals surface area contributed by atoms with Gasteiger partial charge in [0.25, 0.3) is 5.91 Å². The largest absolute Gasteiger partial charge is 0.397 e. The number of aryl methyl sites for hydroxylation is 3. The summed E-state index contributed by atoms with van der Waals surface area (Å²) in [7, 11) is 0. The van der Waals surface area contributed by atoms with Gasteiger partial charge in [0.05, 0.1) is 5.69 Å². The van der Waals surface area contributed by atoms with Crippen molar-refractivity contribution in [3.8, 4) is 0 Å². The number of nitrogens with zero attached hydrogens (tertiary/aromatic N) is 1. The summed E-state index contributed by atoms with van der Waals surface area (Å²) in [6, 6.07) is 5.73. The minimum atomic E-state index is -0.198. The number of pyridine rings is 1. The van der Waals surface area contributed by atoms with Crippen LogP contribution in [0.5, 0.6) is 0 Å².